The fourth-order valence-corrected chi connectivity index (χ4v) is 2.19. The van der Waals surface area contributed by atoms with Crippen LogP contribution in [0.4, 0.5) is 5.82 Å². The molecule has 6 nitrogen and oxygen atoms in total. The van der Waals surface area contributed by atoms with Crippen LogP contribution in [-0.4, -0.2) is 28.5 Å². The van der Waals surface area contributed by atoms with Crippen LogP contribution in [0.3, 0.4) is 0 Å². The summed E-state index contributed by atoms with van der Waals surface area (Å²) >= 11 is 7.14. The fraction of sp³-hybridized carbons (Fsp3) is 0.231. The molecule has 0 aromatic carbocycles. The van der Waals surface area contributed by atoms with E-state index in [-0.39, 0.29) is 13.0 Å². The number of rotatable bonds is 5. The number of carbonyl (C=O) groups is 2. The van der Waals surface area contributed by atoms with Crippen molar-refractivity contribution in [3.8, 4) is 0 Å². The minimum absolute atomic E-state index is 0.0524. The van der Waals surface area contributed by atoms with Crippen LogP contribution in [0.2, 0.25) is 5.02 Å². The summed E-state index contributed by atoms with van der Waals surface area (Å²) < 4.78 is 4.87. The molecular formula is C13H12ClN3O3S. The predicted octanol–water partition coefficient (Wildman–Crippen LogP) is 2.22. The van der Waals surface area contributed by atoms with E-state index in [4.69, 9.17) is 16.3 Å². The van der Waals surface area contributed by atoms with Gasteiger partial charge in [-0.3, -0.25) is 9.59 Å². The molecule has 2 rings (SSSR count). The number of aryl methyl sites for hydroxylation is 1. The van der Waals surface area contributed by atoms with Crippen molar-refractivity contribution in [1.82, 2.24) is 9.97 Å². The molecule has 0 aliphatic rings. The van der Waals surface area contributed by atoms with Gasteiger partial charge in [0, 0.05) is 11.6 Å². The van der Waals surface area contributed by atoms with Crippen molar-refractivity contribution in [1.29, 1.82) is 0 Å². The van der Waals surface area contributed by atoms with Crippen LogP contribution in [0.1, 0.15) is 10.7 Å². The highest BCUT2D eigenvalue weighted by Gasteiger charge is 2.11. The smallest absolute Gasteiger partial charge is 0.312 e. The molecule has 21 heavy (non-hydrogen) atoms. The summed E-state index contributed by atoms with van der Waals surface area (Å²) in [7, 11) is 0. The Morgan fingerprint density at radius 1 is 1.43 bits per heavy atom. The highest BCUT2D eigenvalue weighted by Crippen LogP contribution is 2.10. The quantitative estimate of drug-likeness (QED) is 0.852. The van der Waals surface area contributed by atoms with Crippen molar-refractivity contribution >= 4 is 40.6 Å². The van der Waals surface area contributed by atoms with E-state index in [0.717, 1.165) is 5.01 Å². The van der Waals surface area contributed by atoms with E-state index in [2.05, 4.69) is 15.3 Å². The van der Waals surface area contributed by atoms with Crippen molar-refractivity contribution in [3.63, 3.8) is 0 Å². The number of carbonyl (C=O) groups excluding carboxylic acids is 2. The van der Waals surface area contributed by atoms with Crippen LogP contribution < -0.4 is 5.32 Å². The molecule has 0 aliphatic carbocycles. The Morgan fingerprint density at radius 2 is 2.24 bits per heavy atom. The molecule has 0 bridgehead atoms. The van der Waals surface area contributed by atoms with Crippen LogP contribution in [0, 0.1) is 6.92 Å². The van der Waals surface area contributed by atoms with Gasteiger partial charge in [0.05, 0.1) is 22.1 Å². The predicted molar refractivity (Wildman–Crippen MR) is 79.4 cm³/mol. The number of pyridine rings is 1. The van der Waals surface area contributed by atoms with Crippen molar-refractivity contribution < 1.29 is 14.3 Å². The molecule has 0 saturated carbocycles. The van der Waals surface area contributed by atoms with Gasteiger partial charge >= 0.3 is 5.97 Å². The first kappa shape index (κ1) is 15.4. The molecule has 0 unspecified atom stereocenters. The molecule has 0 radical (unpaired) electrons. The summed E-state index contributed by atoms with van der Waals surface area (Å²) in [5.74, 6) is -0.622. The molecular weight excluding hydrogens is 314 g/mol. The molecule has 2 aromatic rings. The molecule has 1 amide bonds. The zero-order chi connectivity index (χ0) is 15.2. The van der Waals surface area contributed by atoms with Gasteiger partial charge in [-0.2, -0.15) is 0 Å². The average Bonchev–Trinajstić information content (AvgIpc) is 2.84. The second kappa shape index (κ2) is 7.14. The first-order chi connectivity index (χ1) is 10.0. The molecule has 8 heteroatoms. The first-order valence-corrected chi connectivity index (χ1v) is 7.27. The zero-order valence-corrected chi connectivity index (χ0v) is 12.7. The topological polar surface area (TPSA) is 81.2 Å². The average molecular weight is 326 g/mol. The monoisotopic (exact) mass is 325 g/mol. The lowest BCUT2D eigenvalue weighted by atomic mass is 10.3. The number of ether oxygens (including phenoxy) is 1. The van der Waals surface area contributed by atoms with Crippen LogP contribution in [-0.2, 0) is 20.7 Å². The largest absolute Gasteiger partial charge is 0.455 e. The van der Waals surface area contributed by atoms with Gasteiger partial charge in [-0.1, -0.05) is 11.6 Å². The molecule has 0 fully saturated rings. The normalized spacial score (nSPS) is 10.2. The van der Waals surface area contributed by atoms with Crippen molar-refractivity contribution in [2.45, 2.75) is 13.3 Å². The Kier molecular flexibility index (Phi) is 5.24. The van der Waals surface area contributed by atoms with E-state index in [1.807, 2.05) is 6.92 Å². The number of halogens is 1. The van der Waals surface area contributed by atoms with Gasteiger partial charge in [-0.25, -0.2) is 9.97 Å². The second-order valence-electron chi connectivity index (χ2n) is 4.11. The van der Waals surface area contributed by atoms with Gasteiger partial charge in [0.2, 0.25) is 0 Å². The van der Waals surface area contributed by atoms with E-state index in [1.165, 1.54) is 17.5 Å². The minimum Gasteiger partial charge on any atom is -0.455 e. The molecule has 110 valence electrons. The number of hydrogen-bond donors (Lipinski definition) is 1. The van der Waals surface area contributed by atoms with Crippen LogP contribution in [0.15, 0.2) is 23.7 Å². The van der Waals surface area contributed by atoms with Gasteiger partial charge in [-0.05, 0) is 19.1 Å². The maximum Gasteiger partial charge on any atom is 0.312 e. The SMILES string of the molecule is Cc1nc(CC(=O)OCC(=O)Nc2ccc(Cl)cn2)cs1. The van der Waals surface area contributed by atoms with Crippen molar-refractivity contribution in [3.05, 3.63) is 39.4 Å². The third-order valence-corrected chi connectivity index (χ3v) is 3.40. The van der Waals surface area contributed by atoms with E-state index < -0.39 is 11.9 Å². The van der Waals surface area contributed by atoms with E-state index in [9.17, 15) is 9.59 Å². The van der Waals surface area contributed by atoms with E-state index in [1.54, 1.807) is 17.5 Å². The molecule has 2 aromatic heterocycles. The highest BCUT2D eigenvalue weighted by molar-refractivity contribution is 7.09. The summed E-state index contributed by atoms with van der Waals surface area (Å²) in [6.45, 7) is 1.48. The van der Waals surface area contributed by atoms with Gasteiger partial charge < -0.3 is 10.1 Å². The van der Waals surface area contributed by atoms with Crippen molar-refractivity contribution in [2.75, 3.05) is 11.9 Å². The number of nitrogens with zero attached hydrogens (tertiary/aromatic N) is 2. The van der Waals surface area contributed by atoms with Gasteiger partial charge in [0.15, 0.2) is 6.61 Å². The number of esters is 1. The van der Waals surface area contributed by atoms with Gasteiger partial charge in [0.1, 0.15) is 5.82 Å². The van der Waals surface area contributed by atoms with Crippen LogP contribution in [0.25, 0.3) is 0 Å². The lowest BCUT2D eigenvalue weighted by Crippen LogP contribution is -2.22. The Labute approximate surface area is 130 Å². The van der Waals surface area contributed by atoms with E-state index >= 15 is 0 Å². The third-order valence-electron chi connectivity index (χ3n) is 2.35. The summed E-state index contributed by atoms with van der Waals surface area (Å²) in [6, 6.07) is 3.15. The molecule has 0 spiro atoms. The summed E-state index contributed by atoms with van der Waals surface area (Å²) in [6.07, 6.45) is 1.46. The molecule has 0 aliphatic heterocycles. The van der Waals surface area contributed by atoms with E-state index in [0.29, 0.717) is 16.5 Å². The molecule has 1 N–H and O–H groups in total. The number of hydrogen-bond acceptors (Lipinski definition) is 6. The maximum absolute atomic E-state index is 11.6. The number of nitrogens with one attached hydrogen (secondary N) is 1. The Hall–Kier alpha value is -1.99. The third kappa shape index (κ3) is 5.13. The minimum atomic E-state index is -0.500. The van der Waals surface area contributed by atoms with Gasteiger partial charge in [0.25, 0.3) is 5.91 Å². The Balaban J connectivity index is 1.75. The number of amides is 1. The standard InChI is InChI=1S/C13H12ClN3O3S/c1-8-16-10(7-21-8)4-13(19)20-6-12(18)17-11-3-2-9(14)5-15-11/h2-3,5,7H,4,6H2,1H3,(H,15,17,18). The Morgan fingerprint density at radius 3 is 2.86 bits per heavy atom. The molecule has 0 atom stereocenters. The number of anilines is 1. The Bertz CT molecular complexity index is 642. The summed E-state index contributed by atoms with van der Waals surface area (Å²) in [5.41, 5.74) is 0.641. The lowest BCUT2D eigenvalue weighted by Gasteiger charge is -2.05. The summed E-state index contributed by atoms with van der Waals surface area (Å²) in [4.78, 5) is 31.2. The second-order valence-corrected chi connectivity index (χ2v) is 5.60. The number of thiazole rings is 1. The maximum atomic E-state index is 11.6. The highest BCUT2D eigenvalue weighted by atomic mass is 35.5. The van der Waals surface area contributed by atoms with Crippen LogP contribution in [0.5, 0.6) is 0 Å². The molecule has 0 saturated heterocycles. The summed E-state index contributed by atoms with van der Waals surface area (Å²) in [5, 5.41) is 5.63. The lowest BCUT2D eigenvalue weighted by molar-refractivity contribution is -0.146. The molecule has 2 heterocycles. The van der Waals surface area contributed by atoms with Crippen LogP contribution >= 0.6 is 22.9 Å². The van der Waals surface area contributed by atoms with Gasteiger partial charge in [-0.15, -0.1) is 11.3 Å². The first-order valence-electron chi connectivity index (χ1n) is 6.01. The fourth-order valence-electron chi connectivity index (χ4n) is 1.46. The van der Waals surface area contributed by atoms with Crippen molar-refractivity contribution in [2.24, 2.45) is 0 Å². The zero-order valence-electron chi connectivity index (χ0n) is 11.1. The number of aromatic nitrogens is 2.